The second kappa shape index (κ2) is 18.7. The summed E-state index contributed by atoms with van der Waals surface area (Å²) >= 11 is 0. The summed E-state index contributed by atoms with van der Waals surface area (Å²) in [6.07, 6.45) is 0.561. The number of hydrogen-bond donors (Lipinski definition) is 5. The van der Waals surface area contributed by atoms with Crippen molar-refractivity contribution in [2.75, 3.05) is 13.6 Å². The van der Waals surface area contributed by atoms with E-state index in [0.717, 1.165) is 38.9 Å². The van der Waals surface area contributed by atoms with Gasteiger partial charge in [-0.3, -0.25) is 19.7 Å². The Labute approximate surface area is 300 Å². The molecule has 5 rings (SSSR count). The number of aliphatic hydroxyl groups excluding tert-OH is 2. The number of rotatable bonds is 16. The number of aliphatic hydroxyl groups is 2. The maximum absolute atomic E-state index is 12.3. The van der Waals surface area contributed by atoms with Crippen molar-refractivity contribution in [2.45, 2.75) is 82.8 Å². The molecule has 1 fully saturated rings. The molecule has 5 atom stereocenters. The van der Waals surface area contributed by atoms with E-state index in [1.807, 2.05) is 111 Å². The van der Waals surface area contributed by atoms with E-state index >= 15 is 0 Å². The molecule has 0 spiro atoms. The number of ether oxygens (including phenoxy) is 2. The lowest BCUT2D eigenvalue weighted by Gasteiger charge is -2.39. The van der Waals surface area contributed by atoms with Crippen LogP contribution in [0.2, 0.25) is 0 Å². The topological polar surface area (TPSA) is 141 Å². The van der Waals surface area contributed by atoms with Gasteiger partial charge in [0.25, 0.3) is 0 Å². The standard InChI is InChI=1S/C41H49N3O7/c1-28(40(48)33-10-4-3-5-11-33)44(2)26-36-24-37(32-17-15-29(27-45)16-18-32)51-41(50-36)34-21-19-31(20-22-34)35-12-8-9-30(23-35)25-42-38(46)13-6-7-14-39(47)43-49/h3-5,8-12,15-23,28,36-37,40-41,45,48-49H,6-7,13-14,24-27H2,1-2H3,(H,42,46)(H,43,47). The van der Waals surface area contributed by atoms with Gasteiger partial charge in [0.05, 0.1) is 24.9 Å². The molecule has 51 heavy (non-hydrogen) atoms. The molecule has 4 aromatic rings. The Hall–Kier alpha value is -4.42. The fourth-order valence-electron chi connectivity index (χ4n) is 6.30. The highest BCUT2D eigenvalue weighted by molar-refractivity contribution is 5.76. The van der Waals surface area contributed by atoms with Gasteiger partial charge in [0, 0.05) is 44.0 Å². The van der Waals surface area contributed by atoms with E-state index in [1.165, 1.54) is 0 Å². The van der Waals surface area contributed by atoms with Crippen molar-refractivity contribution in [3.8, 4) is 11.1 Å². The van der Waals surface area contributed by atoms with Crippen LogP contribution in [0.3, 0.4) is 0 Å². The largest absolute Gasteiger partial charge is 0.392 e. The van der Waals surface area contributed by atoms with E-state index < -0.39 is 18.3 Å². The summed E-state index contributed by atoms with van der Waals surface area (Å²) in [5.74, 6) is -0.539. The molecule has 2 amide bonds. The number of nitrogens with one attached hydrogen (secondary N) is 2. The van der Waals surface area contributed by atoms with Crippen LogP contribution in [0.5, 0.6) is 0 Å². The maximum atomic E-state index is 12.3. The molecule has 1 heterocycles. The number of nitrogens with zero attached hydrogens (tertiary/aromatic N) is 1. The van der Waals surface area contributed by atoms with Gasteiger partial charge in [-0.1, -0.05) is 97.1 Å². The molecule has 10 heteroatoms. The Morgan fingerprint density at radius 3 is 2.20 bits per heavy atom. The highest BCUT2D eigenvalue weighted by Crippen LogP contribution is 2.39. The molecular weight excluding hydrogens is 646 g/mol. The Balaban J connectivity index is 1.24. The molecule has 0 saturated carbocycles. The average Bonchev–Trinajstić information content (AvgIpc) is 3.18. The normalized spacial score (nSPS) is 18.6. The van der Waals surface area contributed by atoms with Gasteiger partial charge in [-0.2, -0.15) is 0 Å². The van der Waals surface area contributed by atoms with Crippen LogP contribution in [0.25, 0.3) is 11.1 Å². The summed E-state index contributed by atoms with van der Waals surface area (Å²) in [5.41, 5.74) is 8.22. The summed E-state index contributed by atoms with van der Waals surface area (Å²) in [6, 6.07) is 33.5. The van der Waals surface area contributed by atoms with Gasteiger partial charge in [0.1, 0.15) is 0 Å². The summed E-state index contributed by atoms with van der Waals surface area (Å²) in [4.78, 5) is 25.6. The Kier molecular flexibility index (Phi) is 13.9. The Morgan fingerprint density at radius 1 is 0.824 bits per heavy atom. The molecule has 5 N–H and O–H groups in total. The molecule has 270 valence electrons. The number of amides is 2. The number of unbranched alkanes of at least 4 members (excludes halogenated alkanes) is 1. The fourth-order valence-corrected chi connectivity index (χ4v) is 6.30. The number of benzene rings is 4. The van der Waals surface area contributed by atoms with Crippen molar-refractivity contribution < 1.29 is 34.5 Å². The van der Waals surface area contributed by atoms with E-state index in [4.69, 9.17) is 14.7 Å². The van der Waals surface area contributed by atoms with Gasteiger partial charge < -0.3 is 25.0 Å². The summed E-state index contributed by atoms with van der Waals surface area (Å²) < 4.78 is 13.2. The molecule has 0 aromatic heterocycles. The third kappa shape index (κ3) is 10.8. The zero-order valence-corrected chi connectivity index (χ0v) is 29.3. The molecule has 5 unspecified atom stereocenters. The highest BCUT2D eigenvalue weighted by Gasteiger charge is 2.34. The summed E-state index contributed by atoms with van der Waals surface area (Å²) in [7, 11) is 2.01. The Morgan fingerprint density at radius 2 is 1.51 bits per heavy atom. The second-order valence-electron chi connectivity index (χ2n) is 13.2. The molecule has 1 aliphatic heterocycles. The van der Waals surface area contributed by atoms with Crippen LogP contribution in [-0.2, 0) is 32.2 Å². The fraction of sp³-hybridized carbons (Fsp3) is 0.366. The lowest BCUT2D eigenvalue weighted by molar-refractivity contribution is -0.253. The molecule has 0 aliphatic carbocycles. The first-order valence-electron chi connectivity index (χ1n) is 17.6. The van der Waals surface area contributed by atoms with Crippen molar-refractivity contribution in [3.05, 3.63) is 131 Å². The number of carbonyl (C=O) groups excluding carboxylic acids is 2. The SMILES string of the molecule is CC(C(O)c1ccccc1)N(C)CC1CC(c2ccc(CO)cc2)OC(c2ccc(-c3cccc(CNC(=O)CCCCC(=O)NO)c3)cc2)O1. The second-order valence-corrected chi connectivity index (χ2v) is 13.2. The lowest BCUT2D eigenvalue weighted by Crippen LogP contribution is -2.43. The minimum Gasteiger partial charge on any atom is -0.392 e. The molecule has 1 saturated heterocycles. The van der Waals surface area contributed by atoms with Crippen LogP contribution in [0.1, 0.15) is 85.3 Å². The van der Waals surface area contributed by atoms with Crippen LogP contribution in [0, 0.1) is 0 Å². The predicted molar refractivity (Wildman–Crippen MR) is 194 cm³/mol. The van der Waals surface area contributed by atoms with Crippen LogP contribution >= 0.6 is 0 Å². The average molecular weight is 696 g/mol. The molecule has 0 radical (unpaired) electrons. The van der Waals surface area contributed by atoms with E-state index in [2.05, 4.69) is 16.3 Å². The monoisotopic (exact) mass is 695 g/mol. The van der Waals surface area contributed by atoms with Gasteiger partial charge in [-0.15, -0.1) is 0 Å². The number of carbonyl (C=O) groups is 2. The first-order chi connectivity index (χ1) is 24.7. The van der Waals surface area contributed by atoms with Crippen LogP contribution in [0.15, 0.2) is 103 Å². The highest BCUT2D eigenvalue weighted by atomic mass is 16.7. The first-order valence-corrected chi connectivity index (χ1v) is 17.6. The van der Waals surface area contributed by atoms with Crippen LogP contribution in [0.4, 0.5) is 0 Å². The van der Waals surface area contributed by atoms with Crippen molar-refractivity contribution >= 4 is 11.8 Å². The minimum atomic E-state index is -0.644. The van der Waals surface area contributed by atoms with Crippen molar-refractivity contribution in [1.82, 2.24) is 15.7 Å². The van der Waals surface area contributed by atoms with Gasteiger partial charge >= 0.3 is 0 Å². The molecule has 10 nitrogen and oxygen atoms in total. The Bertz CT molecular complexity index is 1680. The van der Waals surface area contributed by atoms with Crippen molar-refractivity contribution in [1.29, 1.82) is 0 Å². The maximum Gasteiger partial charge on any atom is 0.243 e. The number of likely N-dealkylation sites (N-methyl/N-ethyl adjacent to an activating group) is 1. The van der Waals surface area contributed by atoms with E-state index in [0.29, 0.717) is 38.8 Å². The molecular formula is C41H49N3O7. The summed E-state index contributed by atoms with van der Waals surface area (Å²) in [6.45, 7) is 2.99. The van der Waals surface area contributed by atoms with Crippen molar-refractivity contribution in [3.63, 3.8) is 0 Å². The number of hydrogen-bond acceptors (Lipinski definition) is 8. The van der Waals surface area contributed by atoms with Gasteiger partial charge in [-0.05, 0) is 66.3 Å². The lowest BCUT2D eigenvalue weighted by atomic mass is 9.98. The first kappa shape index (κ1) is 37.8. The third-order valence-corrected chi connectivity index (χ3v) is 9.52. The quantitative estimate of drug-likeness (QED) is 0.0536. The predicted octanol–water partition coefficient (Wildman–Crippen LogP) is 6.13. The van der Waals surface area contributed by atoms with E-state index in [1.54, 1.807) is 5.48 Å². The molecule has 0 bridgehead atoms. The van der Waals surface area contributed by atoms with Gasteiger partial charge in [0.15, 0.2) is 6.29 Å². The zero-order chi connectivity index (χ0) is 36.2. The van der Waals surface area contributed by atoms with Crippen molar-refractivity contribution in [2.24, 2.45) is 0 Å². The van der Waals surface area contributed by atoms with Crippen LogP contribution in [-0.4, -0.2) is 57.9 Å². The number of hydroxylamine groups is 1. The summed E-state index contributed by atoms with van der Waals surface area (Å²) in [5, 5.41) is 32.2. The molecule has 4 aromatic carbocycles. The molecule has 1 aliphatic rings. The van der Waals surface area contributed by atoms with Gasteiger partial charge in [-0.25, -0.2) is 5.48 Å². The smallest absolute Gasteiger partial charge is 0.243 e. The van der Waals surface area contributed by atoms with E-state index in [9.17, 15) is 19.8 Å². The van der Waals surface area contributed by atoms with Crippen LogP contribution < -0.4 is 10.8 Å². The zero-order valence-electron chi connectivity index (χ0n) is 29.3. The van der Waals surface area contributed by atoms with E-state index in [-0.39, 0.29) is 37.2 Å². The van der Waals surface area contributed by atoms with Gasteiger partial charge in [0.2, 0.25) is 11.8 Å². The third-order valence-electron chi connectivity index (χ3n) is 9.52. The minimum absolute atomic E-state index is 0.0223.